The Balaban J connectivity index is -0.0000000150. The van der Waals surface area contributed by atoms with Crippen LogP contribution >= 0.6 is 0 Å². The van der Waals surface area contributed by atoms with Gasteiger partial charge in [0.25, 0.3) is 0 Å². The quantitative estimate of drug-likeness (QED) is 0.383. The minimum atomic E-state index is -3.79. The second kappa shape index (κ2) is 15.9. The van der Waals surface area contributed by atoms with Gasteiger partial charge in [-0.3, -0.25) is 0 Å². The standard InChI is InChI=1S/Co.H2O3Se.2H2O/c;1-4(2)3;;/h;(H2,1,2,3);2*1H2/q+2;;;/p-2. The van der Waals surface area contributed by atoms with Gasteiger partial charge >= 0.3 is 43.5 Å². The van der Waals surface area contributed by atoms with Gasteiger partial charge in [-0.1, -0.05) is 0 Å². The predicted molar refractivity (Wildman–Crippen MR) is 13.7 cm³/mol. The minimum Gasteiger partial charge on any atom is 2.00 e. The maximum Gasteiger partial charge on any atom is 2.00 e. The van der Waals surface area contributed by atoms with Crippen molar-refractivity contribution in [1.29, 1.82) is 0 Å². The van der Waals surface area contributed by atoms with E-state index in [1.807, 2.05) is 0 Å². The molecule has 0 aromatic heterocycles. The van der Waals surface area contributed by atoms with Crippen LogP contribution in [-0.4, -0.2) is 25.4 Å². The Labute approximate surface area is 54.9 Å². The van der Waals surface area contributed by atoms with E-state index in [1.165, 1.54) is 0 Å². The van der Waals surface area contributed by atoms with Crippen LogP contribution in [0, 0.1) is 0 Å². The molecule has 0 aromatic rings. The summed E-state index contributed by atoms with van der Waals surface area (Å²) in [5, 5.41) is 0. The molecule has 0 amide bonds. The van der Waals surface area contributed by atoms with E-state index in [1.54, 1.807) is 0 Å². The van der Waals surface area contributed by atoms with Crippen molar-refractivity contribution >= 4 is 14.5 Å². The van der Waals surface area contributed by atoms with Crippen LogP contribution in [0.4, 0.5) is 0 Å². The largest absolute Gasteiger partial charge is 2.00 e. The molecule has 0 aliphatic rings. The third kappa shape index (κ3) is 327. The van der Waals surface area contributed by atoms with Crippen LogP contribution < -0.4 is 8.38 Å². The first-order valence-corrected chi connectivity index (χ1v) is 2.60. The van der Waals surface area contributed by atoms with Gasteiger partial charge in [-0.2, -0.15) is 0 Å². The van der Waals surface area contributed by atoms with Gasteiger partial charge in [-0.05, 0) is 0 Å². The smallest absolute Gasteiger partial charge is 2.00 e. The van der Waals surface area contributed by atoms with Gasteiger partial charge in [0.1, 0.15) is 0 Å². The van der Waals surface area contributed by atoms with Crippen LogP contribution in [0.15, 0.2) is 0 Å². The summed E-state index contributed by atoms with van der Waals surface area (Å²) < 4.78 is 25.6. The van der Waals surface area contributed by atoms with Crippen molar-refractivity contribution in [3.63, 3.8) is 0 Å². The van der Waals surface area contributed by atoms with E-state index in [0.717, 1.165) is 0 Å². The van der Waals surface area contributed by atoms with Gasteiger partial charge < -0.3 is 11.0 Å². The van der Waals surface area contributed by atoms with E-state index in [9.17, 15) is 0 Å². The number of hydrogen-bond donors (Lipinski definition) is 0. The topological polar surface area (TPSA) is 126 Å². The second-order valence-electron chi connectivity index (χ2n) is 0.204. The van der Waals surface area contributed by atoms with Crippen LogP contribution in [0.2, 0.25) is 0 Å². The molecule has 0 aromatic carbocycles. The molecule has 0 bridgehead atoms. The third-order valence-electron chi connectivity index (χ3n) is 0. The Bertz CT molecular complexity index is 31.1. The van der Waals surface area contributed by atoms with Gasteiger partial charge in [-0.15, -0.1) is 0 Å². The molecule has 7 heteroatoms. The minimum absolute atomic E-state index is 0. The van der Waals surface area contributed by atoms with E-state index in [0.29, 0.717) is 0 Å². The molecule has 0 unspecified atom stereocenters. The molecule has 0 rings (SSSR count). The first-order chi connectivity index (χ1) is 1.73. The molecule has 0 heterocycles. The zero-order valence-electron chi connectivity index (χ0n) is 2.97. The fourth-order valence-corrected chi connectivity index (χ4v) is 0. The summed E-state index contributed by atoms with van der Waals surface area (Å²) in [6, 6.07) is 0. The molecule has 0 atom stereocenters. The maximum absolute atomic E-state index is 8.54. The summed E-state index contributed by atoms with van der Waals surface area (Å²) in [5.74, 6) is 0. The Hall–Kier alpha value is 0.666. The van der Waals surface area contributed by atoms with E-state index >= 15 is 0 Å². The van der Waals surface area contributed by atoms with Gasteiger partial charge in [0.15, 0.2) is 0 Å². The molecule has 0 aliphatic carbocycles. The molecular weight excluding hydrogens is 218 g/mol. The fourth-order valence-electron chi connectivity index (χ4n) is 0. The van der Waals surface area contributed by atoms with Crippen molar-refractivity contribution in [2.75, 3.05) is 0 Å². The summed E-state index contributed by atoms with van der Waals surface area (Å²) in [6.07, 6.45) is 0. The Morgan fingerprint density at radius 2 is 1.14 bits per heavy atom. The van der Waals surface area contributed by atoms with Gasteiger partial charge in [0, 0.05) is 0 Å². The normalized spacial score (nSPS) is 5.00. The summed E-state index contributed by atoms with van der Waals surface area (Å²) in [5.41, 5.74) is 0. The number of rotatable bonds is 0. The first-order valence-electron chi connectivity index (χ1n) is 0.500. The molecule has 4 N–H and O–H groups in total. The zero-order valence-corrected chi connectivity index (χ0v) is 5.72. The van der Waals surface area contributed by atoms with Crippen molar-refractivity contribution in [2.24, 2.45) is 0 Å². The molecule has 5 nitrogen and oxygen atoms in total. The van der Waals surface area contributed by atoms with Crippen LogP contribution in [0.3, 0.4) is 0 Å². The molecule has 0 aliphatic heterocycles. The molecule has 0 saturated heterocycles. The van der Waals surface area contributed by atoms with Crippen LogP contribution in [0.5, 0.6) is 0 Å². The molecule has 49 valence electrons. The molecule has 0 fully saturated rings. The average Bonchev–Trinajstić information content (AvgIpc) is 0.811. The summed E-state index contributed by atoms with van der Waals surface area (Å²) >= 11 is -3.79. The molecular formula is H4CoO5Se. The molecule has 0 saturated carbocycles. The maximum atomic E-state index is 8.54. The Kier molecular flexibility index (Phi) is 57.7. The van der Waals surface area contributed by atoms with Gasteiger partial charge in [0.05, 0.1) is 0 Å². The Morgan fingerprint density at radius 3 is 1.14 bits per heavy atom. The van der Waals surface area contributed by atoms with E-state index < -0.39 is 14.5 Å². The van der Waals surface area contributed by atoms with Crippen LogP contribution in [0.25, 0.3) is 0 Å². The molecule has 0 spiro atoms. The van der Waals surface area contributed by atoms with E-state index in [-0.39, 0.29) is 27.7 Å². The number of hydrogen-bond acceptors (Lipinski definition) is 3. The van der Waals surface area contributed by atoms with E-state index in [2.05, 4.69) is 0 Å². The predicted octanol–water partition coefficient (Wildman–Crippen LogP) is -4.53. The monoisotopic (exact) mass is 223 g/mol. The third-order valence-corrected chi connectivity index (χ3v) is 0. The molecule has 7 heavy (non-hydrogen) atoms. The van der Waals surface area contributed by atoms with Crippen LogP contribution in [-0.2, 0) is 20.6 Å². The SMILES string of the molecule is O.O.O=[Se]([O-])[O-].[Co+2]. The second-order valence-corrected chi connectivity index (χ2v) is 1.06. The summed E-state index contributed by atoms with van der Waals surface area (Å²) in [4.78, 5) is 0. The van der Waals surface area contributed by atoms with E-state index in [4.69, 9.17) is 12.2 Å². The average molecular weight is 222 g/mol. The zero-order chi connectivity index (χ0) is 3.58. The van der Waals surface area contributed by atoms with Gasteiger partial charge in [0.2, 0.25) is 0 Å². The Morgan fingerprint density at radius 1 is 1.14 bits per heavy atom. The summed E-state index contributed by atoms with van der Waals surface area (Å²) in [6.45, 7) is 0. The first kappa shape index (κ1) is 25.3. The van der Waals surface area contributed by atoms with Crippen molar-refractivity contribution < 1.29 is 39.9 Å². The summed E-state index contributed by atoms with van der Waals surface area (Å²) in [7, 11) is 0. The van der Waals surface area contributed by atoms with Crippen LogP contribution in [0.1, 0.15) is 0 Å². The van der Waals surface area contributed by atoms with Crippen molar-refractivity contribution in [3.05, 3.63) is 0 Å². The molecule has 1 radical (unpaired) electrons. The van der Waals surface area contributed by atoms with Gasteiger partial charge in [-0.25, -0.2) is 0 Å². The van der Waals surface area contributed by atoms with Crippen molar-refractivity contribution in [1.82, 2.24) is 0 Å². The van der Waals surface area contributed by atoms with Crippen molar-refractivity contribution in [3.8, 4) is 0 Å². The fraction of sp³-hybridized carbons (Fsp3) is 0. The van der Waals surface area contributed by atoms with Crippen molar-refractivity contribution in [2.45, 2.75) is 0 Å².